The molecule has 0 aliphatic rings. The van der Waals surface area contributed by atoms with Gasteiger partial charge in [0.05, 0.1) is 5.69 Å². The zero-order chi connectivity index (χ0) is 11.7. The molecule has 84 valence electrons. The Morgan fingerprint density at radius 2 is 2.24 bits per heavy atom. The van der Waals surface area contributed by atoms with Crippen LogP contribution in [-0.2, 0) is 6.54 Å². The molecular formula is C12H11N5. The van der Waals surface area contributed by atoms with Gasteiger partial charge in [0, 0.05) is 36.1 Å². The number of nitrogens with one attached hydrogen (secondary N) is 1. The van der Waals surface area contributed by atoms with Gasteiger partial charge >= 0.3 is 0 Å². The normalized spacial score (nSPS) is 10.9. The SMILES string of the molecule is NCc1c[nH]c2ncnc(-c3cccnc3)c12. The summed E-state index contributed by atoms with van der Waals surface area (Å²) < 4.78 is 0. The van der Waals surface area contributed by atoms with Gasteiger partial charge in [-0.25, -0.2) is 9.97 Å². The first-order valence-corrected chi connectivity index (χ1v) is 5.31. The van der Waals surface area contributed by atoms with Crippen LogP contribution in [0.25, 0.3) is 22.3 Å². The number of hydrogen-bond acceptors (Lipinski definition) is 4. The summed E-state index contributed by atoms with van der Waals surface area (Å²) in [5.74, 6) is 0. The van der Waals surface area contributed by atoms with Crippen LogP contribution in [0, 0.1) is 0 Å². The van der Waals surface area contributed by atoms with Crippen molar-refractivity contribution in [1.29, 1.82) is 0 Å². The Morgan fingerprint density at radius 1 is 1.29 bits per heavy atom. The van der Waals surface area contributed by atoms with Crippen molar-refractivity contribution in [3.8, 4) is 11.3 Å². The van der Waals surface area contributed by atoms with Gasteiger partial charge in [-0.1, -0.05) is 0 Å². The molecule has 0 atom stereocenters. The largest absolute Gasteiger partial charge is 0.346 e. The molecule has 0 fully saturated rings. The maximum atomic E-state index is 5.72. The van der Waals surface area contributed by atoms with Crippen LogP contribution in [0.3, 0.4) is 0 Å². The monoisotopic (exact) mass is 225 g/mol. The van der Waals surface area contributed by atoms with E-state index in [-0.39, 0.29) is 0 Å². The lowest BCUT2D eigenvalue weighted by molar-refractivity contribution is 1.08. The predicted octanol–water partition coefficient (Wildman–Crippen LogP) is 1.48. The Bertz CT molecular complexity index is 644. The lowest BCUT2D eigenvalue weighted by Gasteiger charge is -2.02. The van der Waals surface area contributed by atoms with E-state index in [1.807, 2.05) is 18.3 Å². The Balaban J connectivity index is 2.33. The Labute approximate surface area is 97.7 Å². The van der Waals surface area contributed by atoms with E-state index < -0.39 is 0 Å². The Kier molecular flexibility index (Phi) is 2.31. The first-order chi connectivity index (χ1) is 8.40. The zero-order valence-electron chi connectivity index (χ0n) is 9.09. The number of nitrogens with two attached hydrogens (primary N) is 1. The van der Waals surface area contributed by atoms with Gasteiger partial charge in [-0.15, -0.1) is 0 Å². The molecule has 0 saturated carbocycles. The van der Waals surface area contributed by atoms with Crippen LogP contribution in [0.1, 0.15) is 5.56 Å². The maximum Gasteiger partial charge on any atom is 0.141 e. The molecule has 3 N–H and O–H groups in total. The van der Waals surface area contributed by atoms with Gasteiger partial charge in [0.25, 0.3) is 0 Å². The molecule has 0 radical (unpaired) electrons. The third kappa shape index (κ3) is 1.57. The number of rotatable bonds is 2. The van der Waals surface area contributed by atoms with E-state index in [0.29, 0.717) is 6.54 Å². The van der Waals surface area contributed by atoms with Crippen LogP contribution in [0.4, 0.5) is 0 Å². The van der Waals surface area contributed by atoms with Gasteiger partial charge < -0.3 is 10.7 Å². The number of aromatic amines is 1. The average molecular weight is 225 g/mol. The van der Waals surface area contributed by atoms with Crippen LogP contribution in [0.15, 0.2) is 37.1 Å². The summed E-state index contributed by atoms with van der Waals surface area (Å²) in [4.78, 5) is 15.7. The van der Waals surface area contributed by atoms with Gasteiger partial charge in [-0.05, 0) is 17.7 Å². The van der Waals surface area contributed by atoms with Crippen molar-refractivity contribution in [3.63, 3.8) is 0 Å². The fraction of sp³-hybridized carbons (Fsp3) is 0.0833. The third-order valence-electron chi connectivity index (χ3n) is 2.71. The molecule has 3 rings (SSSR count). The molecule has 0 spiro atoms. The van der Waals surface area contributed by atoms with E-state index in [0.717, 1.165) is 27.9 Å². The summed E-state index contributed by atoms with van der Waals surface area (Å²) >= 11 is 0. The third-order valence-corrected chi connectivity index (χ3v) is 2.71. The van der Waals surface area contributed by atoms with Crippen molar-refractivity contribution in [3.05, 3.63) is 42.6 Å². The predicted molar refractivity (Wildman–Crippen MR) is 65.0 cm³/mol. The van der Waals surface area contributed by atoms with Crippen molar-refractivity contribution in [2.45, 2.75) is 6.54 Å². The molecule has 0 aromatic carbocycles. The summed E-state index contributed by atoms with van der Waals surface area (Å²) in [6.07, 6.45) is 6.94. The molecule has 0 bridgehead atoms. The van der Waals surface area contributed by atoms with Crippen molar-refractivity contribution >= 4 is 11.0 Å². The number of pyridine rings is 1. The van der Waals surface area contributed by atoms with Crippen LogP contribution in [0.2, 0.25) is 0 Å². The Morgan fingerprint density at radius 3 is 3.00 bits per heavy atom. The van der Waals surface area contributed by atoms with Gasteiger partial charge in [-0.3, -0.25) is 4.98 Å². The molecule has 17 heavy (non-hydrogen) atoms. The highest BCUT2D eigenvalue weighted by molar-refractivity contribution is 5.93. The summed E-state index contributed by atoms with van der Waals surface area (Å²) in [5, 5.41) is 0.975. The van der Waals surface area contributed by atoms with Crippen molar-refractivity contribution < 1.29 is 0 Å². The maximum absolute atomic E-state index is 5.72. The molecule has 3 aromatic heterocycles. The summed E-state index contributed by atoms with van der Waals surface area (Å²) in [6.45, 7) is 0.459. The van der Waals surface area contributed by atoms with E-state index in [1.54, 1.807) is 18.7 Å². The fourth-order valence-electron chi connectivity index (χ4n) is 1.91. The fourth-order valence-corrected chi connectivity index (χ4v) is 1.91. The van der Waals surface area contributed by atoms with Crippen molar-refractivity contribution in [1.82, 2.24) is 19.9 Å². The molecule has 0 aliphatic heterocycles. The second kappa shape index (κ2) is 3.95. The standard InChI is InChI=1S/C12H11N5/c13-4-9-6-15-12-10(9)11(16-7-17-12)8-2-1-3-14-5-8/h1-3,5-7H,4,13H2,(H,15,16,17). The minimum atomic E-state index is 0.459. The molecule has 0 saturated heterocycles. The first kappa shape index (κ1) is 9.92. The summed E-state index contributed by atoms with van der Waals surface area (Å²) in [6, 6.07) is 3.86. The lowest BCUT2D eigenvalue weighted by atomic mass is 10.1. The highest BCUT2D eigenvalue weighted by Gasteiger charge is 2.11. The average Bonchev–Trinajstić information content (AvgIpc) is 2.82. The smallest absolute Gasteiger partial charge is 0.141 e. The van der Waals surface area contributed by atoms with Crippen LogP contribution in [-0.4, -0.2) is 19.9 Å². The van der Waals surface area contributed by atoms with Crippen molar-refractivity contribution in [2.75, 3.05) is 0 Å². The molecule has 0 unspecified atom stereocenters. The second-order valence-electron chi connectivity index (χ2n) is 3.71. The first-order valence-electron chi connectivity index (χ1n) is 5.31. The Hall–Kier alpha value is -2.27. The number of H-pyrrole nitrogens is 1. The topological polar surface area (TPSA) is 80.5 Å². The second-order valence-corrected chi connectivity index (χ2v) is 3.71. The molecule has 5 heteroatoms. The number of fused-ring (bicyclic) bond motifs is 1. The highest BCUT2D eigenvalue weighted by atomic mass is 14.9. The minimum absolute atomic E-state index is 0.459. The number of hydrogen-bond donors (Lipinski definition) is 2. The molecule has 3 heterocycles. The number of nitrogens with zero attached hydrogens (tertiary/aromatic N) is 3. The van der Waals surface area contributed by atoms with Gasteiger partial charge in [0.2, 0.25) is 0 Å². The summed E-state index contributed by atoms with van der Waals surface area (Å²) in [5.41, 5.74) is 9.37. The van der Waals surface area contributed by atoms with E-state index in [1.165, 1.54) is 0 Å². The van der Waals surface area contributed by atoms with Gasteiger partial charge in [0.1, 0.15) is 12.0 Å². The van der Waals surface area contributed by atoms with E-state index in [9.17, 15) is 0 Å². The summed E-state index contributed by atoms with van der Waals surface area (Å²) in [7, 11) is 0. The van der Waals surface area contributed by atoms with E-state index in [4.69, 9.17) is 5.73 Å². The number of aromatic nitrogens is 4. The van der Waals surface area contributed by atoms with Crippen LogP contribution in [0.5, 0.6) is 0 Å². The lowest BCUT2D eigenvalue weighted by Crippen LogP contribution is -1.96. The van der Waals surface area contributed by atoms with E-state index in [2.05, 4.69) is 19.9 Å². The van der Waals surface area contributed by atoms with Gasteiger partial charge in [-0.2, -0.15) is 0 Å². The molecule has 0 aliphatic carbocycles. The quantitative estimate of drug-likeness (QED) is 0.692. The highest BCUT2D eigenvalue weighted by Crippen LogP contribution is 2.26. The van der Waals surface area contributed by atoms with E-state index >= 15 is 0 Å². The van der Waals surface area contributed by atoms with Crippen molar-refractivity contribution in [2.24, 2.45) is 5.73 Å². The molecule has 3 aromatic rings. The van der Waals surface area contributed by atoms with Gasteiger partial charge in [0.15, 0.2) is 0 Å². The minimum Gasteiger partial charge on any atom is -0.346 e. The molecule has 0 amide bonds. The van der Waals surface area contributed by atoms with Crippen LogP contribution >= 0.6 is 0 Å². The zero-order valence-corrected chi connectivity index (χ0v) is 9.09. The molecular weight excluding hydrogens is 214 g/mol. The van der Waals surface area contributed by atoms with Crippen LogP contribution < -0.4 is 5.73 Å². The molecule has 5 nitrogen and oxygen atoms in total.